The zero-order chi connectivity index (χ0) is 14.9. The number of carbonyl (C=O) groups is 1. The van der Waals surface area contributed by atoms with Crippen LogP contribution in [0.1, 0.15) is 19.5 Å². The summed E-state index contributed by atoms with van der Waals surface area (Å²) < 4.78 is 29.2. The molecule has 0 bridgehead atoms. The predicted octanol–water partition coefficient (Wildman–Crippen LogP) is 1.82. The third-order valence-corrected chi connectivity index (χ3v) is 3.45. The van der Waals surface area contributed by atoms with Gasteiger partial charge in [0, 0.05) is 25.3 Å². The molecule has 1 saturated heterocycles. The lowest BCUT2D eigenvalue weighted by atomic mass is 10.2. The van der Waals surface area contributed by atoms with Crippen LogP contribution in [-0.2, 0) is 0 Å². The highest BCUT2D eigenvalue weighted by atomic mass is 19.3. The van der Waals surface area contributed by atoms with Gasteiger partial charge in [0.25, 0.3) is 5.92 Å². The van der Waals surface area contributed by atoms with Crippen molar-refractivity contribution >= 4 is 6.03 Å². The number of carbonyl (C=O) groups excluding carboxylic acids is 1. The average Bonchev–Trinajstić information content (AvgIpc) is 2.70. The van der Waals surface area contributed by atoms with Gasteiger partial charge < -0.3 is 4.90 Å². The van der Waals surface area contributed by atoms with Gasteiger partial charge >= 0.3 is 6.03 Å². The largest absolute Gasteiger partial charge is 0.329 e. The van der Waals surface area contributed by atoms with Gasteiger partial charge in [0.2, 0.25) is 0 Å². The second-order valence-electron chi connectivity index (χ2n) is 5.55. The van der Waals surface area contributed by atoms with Crippen molar-refractivity contribution in [2.45, 2.75) is 32.7 Å². The van der Waals surface area contributed by atoms with Crippen LogP contribution in [0, 0.1) is 6.92 Å². The van der Waals surface area contributed by atoms with E-state index in [1.807, 2.05) is 13.8 Å². The van der Waals surface area contributed by atoms with Crippen molar-refractivity contribution in [3.63, 3.8) is 0 Å². The van der Waals surface area contributed by atoms with Gasteiger partial charge in [-0.15, -0.1) is 0 Å². The molecular weight excluding hydrogens is 266 g/mol. The lowest BCUT2D eigenvalue weighted by Gasteiger charge is -2.26. The molecule has 7 heteroatoms. The predicted molar refractivity (Wildman–Crippen MR) is 71.0 cm³/mol. The highest BCUT2D eigenvalue weighted by Crippen LogP contribution is 2.22. The second kappa shape index (κ2) is 5.47. The number of halogens is 2. The number of nitrogens with zero attached hydrogens (tertiary/aromatic N) is 4. The van der Waals surface area contributed by atoms with E-state index in [9.17, 15) is 13.6 Å². The van der Waals surface area contributed by atoms with E-state index in [2.05, 4.69) is 4.98 Å². The van der Waals surface area contributed by atoms with Crippen molar-refractivity contribution in [2.24, 2.45) is 0 Å². The Bertz CT molecular complexity index is 486. The highest BCUT2D eigenvalue weighted by Gasteiger charge is 2.39. The molecule has 1 aromatic rings. The maximum atomic E-state index is 13.9. The first-order chi connectivity index (χ1) is 9.28. The van der Waals surface area contributed by atoms with Crippen molar-refractivity contribution in [2.75, 3.05) is 26.2 Å². The molecule has 0 radical (unpaired) electrons. The molecule has 20 heavy (non-hydrogen) atoms. The monoisotopic (exact) mass is 286 g/mol. The van der Waals surface area contributed by atoms with Crippen LogP contribution in [0.2, 0.25) is 0 Å². The van der Waals surface area contributed by atoms with Gasteiger partial charge in [0.15, 0.2) is 0 Å². The zero-order valence-electron chi connectivity index (χ0n) is 12.0. The van der Waals surface area contributed by atoms with E-state index in [-0.39, 0.29) is 12.6 Å². The number of amides is 1. The summed E-state index contributed by atoms with van der Waals surface area (Å²) in [5, 5.41) is 0. The van der Waals surface area contributed by atoms with E-state index < -0.39 is 18.5 Å². The lowest BCUT2D eigenvalue weighted by Crippen LogP contribution is -2.43. The molecule has 1 fully saturated rings. The Morgan fingerprint density at radius 3 is 2.60 bits per heavy atom. The normalized spacial score (nSPS) is 20.2. The van der Waals surface area contributed by atoms with Crippen LogP contribution in [0.15, 0.2) is 12.5 Å². The summed E-state index contributed by atoms with van der Waals surface area (Å²) in [6, 6.07) is -0.415. The van der Waals surface area contributed by atoms with E-state index in [1.165, 1.54) is 15.8 Å². The number of aryl methyl sites for hydroxylation is 1. The fourth-order valence-corrected chi connectivity index (χ4v) is 2.33. The minimum Gasteiger partial charge on any atom is -0.317 e. The summed E-state index contributed by atoms with van der Waals surface area (Å²) in [5.41, 5.74) is 0.684. The van der Waals surface area contributed by atoms with Crippen molar-refractivity contribution in [3.05, 3.63) is 18.2 Å². The fourth-order valence-electron chi connectivity index (χ4n) is 2.33. The Morgan fingerprint density at radius 1 is 1.35 bits per heavy atom. The van der Waals surface area contributed by atoms with Gasteiger partial charge in [-0.1, -0.05) is 0 Å². The molecule has 0 aromatic carbocycles. The Balaban J connectivity index is 2.14. The highest BCUT2D eigenvalue weighted by molar-refractivity contribution is 5.77. The molecule has 1 aliphatic rings. The second-order valence-corrected chi connectivity index (χ2v) is 5.55. The van der Waals surface area contributed by atoms with E-state index in [1.54, 1.807) is 18.0 Å². The first-order valence-electron chi connectivity index (χ1n) is 6.70. The van der Waals surface area contributed by atoms with Crippen molar-refractivity contribution in [1.82, 2.24) is 19.4 Å². The molecule has 0 unspecified atom stereocenters. The molecule has 1 aromatic heterocycles. The average molecular weight is 286 g/mol. The van der Waals surface area contributed by atoms with Crippen LogP contribution in [0.4, 0.5) is 13.6 Å². The number of alkyl halides is 2. The molecular formula is C13H20F2N4O. The minimum atomic E-state index is -2.90. The summed E-state index contributed by atoms with van der Waals surface area (Å²) in [4.78, 5) is 19.1. The van der Waals surface area contributed by atoms with E-state index in [0.717, 1.165) is 0 Å². The zero-order valence-corrected chi connectivity index (χ0v) is 12.0. The van der Waals surface area contributed by atoms with Crippen molar-refractivity contribution in [3.8, 4) is 0 Å². The van der Waals surface area contributed by atoms with E-state index in [0.29, 0.717) is 18.8 Å². The standard InChI is InChI=1S/C13H20F2N4O/c1-10(2)17-4-5-18(8-13(14,15)7-17)12(20)19-6-11(3)16-9-19/h6,9-10H,4-5,7-8H2,1-3H3. The van der Waals surface area contributed by atoms with Crippen LogP contribution in [0.5, 0.6) is 0 Å². The number of rotatable bonds is 1. The smallest absolute Gasteiger partial charge is 0.317 e. The minimum absolute atomic E-state index is 0.0337. The van der Waals surface area contributed by atoms with Gasteiger partial charge in [0.1, 0.15) is 6.33 Å². The van der Waals surface area contributed by atoms with Gasteiger partial charge in [-0.2, -0.15) is 0 Å². The molecule has 0 aliphatic carbocycles. The number of imidazole rings is 1. The molecule has 1 amide bonds. The van der Waals surface area contributed by atoms with Crippen molar-refractivity contribution in [1.29, 1.82) is 0 Å². The van der Waals surface area contributed by atoms with Crippen molar-refractivity contribution < 1.29 is 13.6 Å². The molecule has 2 rings (SSSR count). The van der Waals surface area contributed by atoms with Crippen LogP contribution < -0.4 is 0 Å². The molecule has 0 N–H and O–H groups in total. The van der Waals surface area contributed by atoms with Crippen LogP contribution >= 0.6 is 0 Å². The Kier molecular flexibility index (Phi) is 4.08. The first-order valence-corrected chi connectivity index (χ1v) is 6.70. The molecule has 1 aliphatic heterocycles. The van der Waals surface area contributed by atoms with Gasteiger partial charge in [-0.3, -0.25) is 9.47 Å². The first kappa shape index (κ1) is 14.9. The molecule has 0 atom stereocenters. The summed E-state index contributed by atoms with van der Waals surface area (Å²) in [6.45, 7) is 5.40. The van der Waals surface area contributed by atoms with E-state index in [4.69, 9.17) is 0 Å². The third-order valence-electron chi connectivity index (χ3n) is 3.45. The SMILES string of the molecule is Cc1cn(C(=O)N2CCN(C(C)C)CC(F)(F)C2)cn1. The number of aromatic nitrogens is 2. The van der Waals surface area contributed by atoms with Crippen LogP contribution in [0.3, 0.4) is 0 Å². The Labute approximate surface area is 117 Å². The molecule has 5 nitrogen and oxygen atoms in total. The quantitative estimate of drug-likeness (QED) is 0.791. The van der Waals surface area contributed by atoms with Gasteiger partial charge in [-0.25, -0.2) is 18.6 Å². The topological polar surface area (TPSA) is 41.4 Å². The Morgan fingerprint density at radius 2 is 2.05 bits per heavy atom. The Hall–Kier alpha value is -1.50. The maximum absolute atomic E-state index is 13.9. The summed E-state index contributed by atoms with van der Waals surface area (Å²) >= 11 is 0. The van der Waals surface area contributed by atoms with Crippen LogP contribution in [-0.4, -0.2) is 63.5 Å². The number of hydrogen-bond acceptors (Lipinski definition) is 3. The molecule has 0 spiro atoms. The van der Waals surface area contributed by atoms with Gasteiger partial charge in [-0.05, 0) is 20.8 Å². The lowest BCUT2D eigenvalue weighted by molar-refractivity contribution is -0.0369. The molecule has 2 heterocycles. The fraction of sp³-hybridized carbons (Fsp3) is 0.692. The maximum Gasteiger partial charge on any atom is 0.329 e. The third kappa shape index (κ3) is 3.33. The molecule has 0 saturated carbocycles. The van der Waals surface area contributed by atoms with Crippen LogP contribution in [0.25, 0.3) is 0 Å². The summed E-state index contributed by atoms with van der Waals surface area (Å²) in [6.07, 6.45) is 2.91. The van der Waals surface area contributed by atoms with E-state index >= 15 is 0 Å². The van der Waals surface area contributed by atoms with Gasteiger partial charge in [0.05, 0.1) is 18.8 Å². The summed E-state index contributed by atoms with van der Waals surface area (Å²) in [7, 11) is 0. The summed E-state index contributed by atoms with van der Waals surface area (Å²) in [5.74, 6) is -2.90. The number of hydrogen-bond donors (Lipinski definition) is 0. The molecule has 112 valence electrons.